The average molecular weight is 395 g/mol. The summed E-state index contributed by atoms with van der Waals surface area (Å²) in [5.74, 6) is -0.247. The lowest BCUT2D eigenvalue weighted by Crippen LogP contribution is -2.37. The van der Waals surface area contributed by atoms with Crippen LogP contribution in [-0.4, -0.2) is 45.6 Å². The first-order chi connectivity index (χ1) is 9.08. The Kier molecular flexibility index (Phi) is 4.02. The molecule has 2 aliphatic heterocycles. The van der Waals surface area contributed by atoms with Gasteiger partial charge in [0.15, 0.2) is 0 Å². The fourth-order valence-corrected chi connectivity index (χ4v) is 4.57. The molecule has 3 fully saturated rings. The van der Waals surface area contributed by atoms with Crippen molar-refractivity contribution in [3.63, 3.8) is 0 Å². The first kappa shape index (κ1) is 14.0. The fraction of sp³-hybridized carbons (Fsp3) is 0.846. The van der Waals surface area contributed by atoms with E-state index in [0.717, 1.165) is 32.3 Å². The number of likely N-dealkylation sites (tertiary alicyclic amines) is 1. The molecule has 2 heterocycles. The van der Waals surface area contributed by atoms with Gasteiger partial charge in [0.1, 0.15) is 0 Å². The number of carbonyl (C=O) groups excluding carboxylic acids is 2. The molecule has 0 aromatic heterocycles. The number of hydrogen-bond donors (Lipinski definition) is 0. The highest BCUT2D eigenvalue weighted by molar-refractivity contribution is 9.12. The van der Waals surface area contributed by atoms with Crippen LogP contribution in [0.5, 0.6) is 0 Å². The molecule has 0 spiro atoms. The van der Waals surface area contributed by atoms with Crippen LogP contribution in [0.25, 0.3) is 0 Å². The van der Waals surface area contributed by atoms with Crippen LogP contribution in [-0.2, 0) is 14.3 Å². The standard InChI is InChI=1S/C13H17Br2NO3/c14-10-4-8-9(5-11(10)15)13(18)16(12(8)17)6-7-2-1-3-19-7/h7-11H,1-6H2/t7-,8+,9+,10-,11+/m0/s1. The van der Waals surface area contributed by atoms with E-state index in [1.165, 1.54) is 4.90 Å². The lowest BCUT2D eigenvalue weighted by atomic mass is 9.81. The van der Waals surface area contributed by atoms with Crippen molar-refractivity contribution in [1.29, 1.82) is 0 Å². The summed E-state index contributed by atoms with van der Waals surface area (Å²) in [6.07, 6.45) is 3.52. The molecule has 0 aromatic carbocycles. The lowest BCUT2D eigenvalue weighted by Gasteiger charge is -2.29. The van der Waals surface area contributed by atoms with Gasteiger partial charge in [0.2, 0.25) is 11.8 Å². The van der Waals surface area contributed by atoms with Gasteiger partial charge in [-0.15, -0.1) is 0 Å². The number of carbonyl (C=O) groups is 2. The molecule has 2 amide bonds. The van der Waals surface area contributed by atoms with Crippen LogP contribution >= 0.6 is 31.9 Å². The van der Waals surface area contributed by atoms with E-state index in [0.29, 0.717) is 6.54 Å². The van der Waals surface area contributed by atoms with Gasteiger partial charge in [-0.25, -0.2) is 0 Å². The van der Waals surface area contributed by atoms with Gasteiger partial charge in [0.05, 0.1) is 24.5 Å². The highest BCUT2D eigenvalue weighted by Crippen LogP contribution is 2.43. The Morgan fingerprint density at radius 1 is 1.11 bits per heavy atom. The van der Waals surface area contributed by atoms with E-state index in [4.69, 9.17) is 4.74 Å². The first-order valence-electron chi connectivity index (χ1n) is 6.83. The molecule has 0 unspecified atom stereocenters. The monoisotopic (exact) mass is 393 g/mol. The second-order valence-electron chi connectivity index (χ2n) is 5.64. The molecule has 0 radical (unpaired) electrons. The van der Waals surface area contributed by atoms with Gasteiger partial charge in [0, 0.05) is 16.3 Å². The Bertz CT molecular complexity index is 369. The summed E-state index contributed by atoms with van der Waals surface area (Å²) in [6, 6.07) is 0. The molecule has 4 nitrogen and oxygen atoms in total. The number of halogens is 2. The number of alkyl halides is 2. The number of amides is 2. The molecule has 19 heavy (non-hydrogen) atoms. The molecule has 0 bridgehead atoms. The summed E-state index contributed by atoms with van der Waals surface area (Å²) < 4.78 is 5.54. The SMILES string of the molecule is O=C1[C@@H]2C[C@@H](Br)[C@@H](Br)C[C@H]2C(=O)N1C[C@@H]1CCCO1. The molecule has 6 heteroatoms. The van der Waals surface area contributed by atoms with E-state index in [1.807, 2.05) is 0 Å². The quantitative estimate of drug-likeness (QED) is 0.532. The predicted octanol–water partition coefficient (Wildman–Crippen LogP) is 2.09. The number of rotatable bonds is 2. The third-order valence-corrected chi connectivity index (χ3v) is 7.15. The Morgan fingerprint density at radius 2 is 1.68 bits per heavy atom. The molecule has 1 saturated carbocycles. The predicted molar refractivity (Wildman–Crippen MR) is 77.3 cm³/mol. The molecule has 1 aliphatic carbocycles. The minimum absolute atomic E-state index is 0.00866. The first-order valence-corrected chi connectivity index (χ1v) is 8.66. The maximum atomic E-state index is 12.4. The molecular formula is C13H17Br2NO3. The zero-order valence-corrected chi connectivity index (χ0v) is 13.7. The van der Waals surface area contributed by atoms with Crippen LogP contribution < -0.4 is 0 Å². The van der Waals surface area contributed by atoms with Gasteiger partial charge in [-0.1, -0.05) is 31.9 Å². The molecule has 3 aliphatic rings. The van der Waals surface area contributed by atoms with E-state index in [-0.39, 0.29) is 39.4 Å². The minimum atomic E-state index is -0.132. The number of imide groups is 1. The highest BCUT2D eigenvalue weighted by atomic mass is 79.9. The second kappa shape index (κ2) is 5.45. The van der Waals surface area contributed by atoms with E-state index < -0.39 is 0 Å². The number of ether oxygens (including phenoxy) is 1. The largest absolute Gasteiger partial charge is 0.376 e. The van der Waals surface area contributed by atoms with E-state index in [9.17, 15) is 9.59 Å². The normalized spacial score (nSPS) is 42.8. The second-order valence-corrected chi connectivity index (χ2v) is 7.99. The third kappa shape index (κ3) is 2.51. The Balaban J connectivity index is 1.73. The van der Waals surface area contributed by atoms with Gasteiger partial charge in [-0.3, -0.25) is 14.5 Å². The molecule has 106 valence electrons. The molecular weight excluding hydrogens is 378 g/mol. The third-order valence-electron chi connectivity index (χ3n) is 4.41. The van der Waals surface area contributed by atoms with Gasteiger partial charge in [-0.05, 0) is 25.7 Å². The van der Waals surface area contributed by atoms with Gasteiger partial charge in [0.25, 0.3) is 0 Å². The van der Waals surface area contributed by atoms with Crippen molar-refractivity contribution in [3.05, 3.63) is 0 Å². The molecule has 2 saturated heterocycles. The van der Waals surface area contributed by atoms with Crippen molar-refractivity contribution in [1.82, 2.24) is 4.90 Å². The van der Waals surface area contributed by atoms with Crippen LogP contribution in [0.3, 0.4) is 0 Å². The van der Waals surface area contributed by atoms with Crippen LogP contribution in [0.4, 0.5) is 0 Å². The van der Waals surface area contributed by atoms with Crippen LogP contribution in [0, 0.1) is 11.8 Å². The van der Waals surface area contributed by atoms with Crippen molar-refractivity contribution in [2.24, 2.45) is 11.8 Å². The Hall–Kier alpha value is 0.0600. The van der Waals surface area contributed by atoms with E-state index in [1.54, 1.807) is 0 Å². The summed E-state index contributed by atoms with van der Waals surface area (Å²) in [7, 11) is 0. The molecule has 0 N–H and O–H groups in total. The maximum absolute atomic E-state index is 12.4. The van der Waals surface area contributed by atoms with Gasteiger partial charge >= 0.3 is 0 Å². The minimum Gasteiger partial charge on any atom is -0.376 e. The molecule has 3 rings (SSSR count). The van der Waals surface area contributed by atoms with Gasteiger partial charge in [-0.2, -0.15) is 0 Å². The number of fused-ring (bicyclic) bond motifs is 1. The fourth-order valence-electron chi connectivity index (χ4n) is 3.34. The van der Waals surface area contributed by atoms with Crippen molar-refractivity contribution in [2.45, 2.75) is 41.4 Å². The summed E-state index contributed by atoms with van der Waals surface area (Å²) >= 11 is 7.18. The summed E-state index contributed by atoms with van der Waals surface area (Å²) in [4.78, 5) is 26.8. The lowest BCUT2D eigenvalue weighted by molar-refractivity contribution is -0.141. The van der Waals surface area contributed by atoms with Crippen molar-refractivity contribution < 1.29 is 14.3 Å². The van der Waals surface area contributed by atoms with Gasteiger partial charge < -0.3 is 4.74 Å². The molecule has 0 aromatic rings. The van der Waals surface area contributed by atoms with Crippen LogP contribution in [0.2, 0.25) is 0 Å². The zero-order chi connectivity index (χ0) is 13.6. The highest BCUT2D eigenvalue weighted by Gasteiger charge is 2.52. The van der Waals surface area contributed by atoms with E-state index in [2.05, 4.69) is 31.9 Å². The topological polar surface area (TPSA) is 46.6 Å². The zero-order valence-electron chi connectivity index (χ0n) is 10.6. The average Bonchev–Trinajstić information content (AvgIpc) is 2.96. The van der Waals surface area contributed by atoms with Crippen LogP contribution in [0.15, 0.2) is 0 Å². The summed E-state index contributed by atoms with van der Waals surface area (Å²) in [6.45, 7) is 1.20. The van der Waals surface area contributed by atoms with Crippen molar-refractivity contribution in [3.8, 4) is 0 Å². The van der Waals surface area contributed by atoms with Crippen LogP contribution in [0.1, 0.15) is 25.7 Å². The van der Waals surface area contributed by atoms with Crippen molar-refractivity contribution >= 4 is 43.7 Å². The number of hydrogen-bond acceptors (Lipinski definition) is 3. The Morgan fingerprint density at radius 3 is 2.16 bits per heavy atom. The number of nitrogens with zero attached hydrogens (tertiary/aromatic N) is 1. The van der Waals surface area contributed by atoms with Crippen molar-refractivity contribution in [2.75, 3.05) is 13.2 Å². The smallest absolute Gasteiger partial charge is 0.233 e. The van der Waals surface area contributed by atoms with E-state index >= 15 is 0 Å². The summed E-state index contributed by atoms with van der Waals surface area (Å²) in [5, 5.41) is 0. The molecule has 5 atom stereocenters. The summed E-state index contributed by atoms with van der Waals surface area (Å²) in [5.41, 5.74) is 0. The maximum Gasteiger partial charge on any atom is 0.233 e. The Labute approximate surface area is 129 Å².